The predicted octanol–water partition coefficient (Wildman–Crippen LogP) is 2.60. The van der Waals surface area contributed by atoms with E-state index in [1.165, 1.54) is 4.90 Å². The average molecular weight is 471 g/mol. The Bertz CT molecular complexity index is 988. The third-order valence-electron chi connectivity index (χ3n) is 7.35. The molecule has 3 atom stereocenters. The number of benzene rings is 1. The van der Waals surface area contributed by atoms with Crippen molar-refractivity contribution in [3.63, 3.8) is 0 Å². The lowest BCUT2D eigenvalue weighted by Gasteiger charge is -2.30. The topological polar surface area (TPSA) is 117 Å². The third kappa shape index (κ3) is 5.09. The number of ketones is 1. The van der Waals surface area contributed by atoms with E-state index in [9.17, 15) is 19.2 Å². The van der Waals surface area contributed by atoms with E-state index in [1.54, 1.807) is 25.2 Å². The van der Waals surface area contributed by atoms with Crippen LogP contribution in [0.3, 0.4) is 0 Å². The molecule has 0 radical (unpaired) electrons. The number of nitrogens with one attached hydrogen (secondary N) is 3. The van der Waals surface area contributed by atoms with E-state index in [-0.39, 0.29) is 41.8 Å². The molecule has 184 valence electrons. The summed E-state index contributed by atoms with van der Waals surface area (Å²) in [5, 5.41) is 8.58. The largest absolute Gasteiger partial charge is 0.368 e. The highest BCUT2D eigenvalue weighted by Crippen LogP contribution is 2.41. The van der Waals surface area contributed by atoms with Gasteiger partial charge in [0.05, 0.1) is 6.10 Å². The Labute approximate surface area is 200 Å². The van der Waals surface area contributed by atoms with Crippen LogP contribution in [0, 0.1) is 5.41 Å². The molecule has 1 aromatic rings. The van der Waals surface area contributed by atoms with Gasteiger partial charge in [-0.15, -0.1) is 0 Å². The van der Waals surface area contributed by atoms with Gasteiger partial charge in [0.15, 0.2) is 5.78 Å². The van der Waals surface area contributed by atoms with Crippen LogP contribution >= 0.6 is 0 Å². The molecule has 3 aliphatic rings. The Hall–Kier alpha value is -2.94. The van der Waals surface area contributed by atoms with Gasteiger partial charge in [0.2, 0.25) is 5.91 Å². The quantitative estimate of drug-likeness (QED) is 0.566. The minimum absolute atomic E-state index is 0.00168. The number of amides is 4. The van der Waals surface area contributed by atoms with E-state index in [4.69, 9.17) is 4.74 Å². The molecule has 2 fully saturated rings. The summed E-state index contributed by atoms with van der Waals surface area (Å²) in [5.74, 6) is -0.850. The van der Waals surface area contributed by atoms with E-state index in [0.717, 1.165) is 31.2 Å². The molecule has 2 aliphatic heterocycles. The normalized spacial score (nSPS) is 24.4. The summed E-state index contributed by atoms with van der Waals surface area (Å²) in [6, 6.07) is 3.46. The standard InChI is InChI=1S/C25H34N4O5/c1-4-20-21(19(30)14-34-20)28-23(32)18(12-25(2)9-5-6-10-25)26-22(31)15-7-8-17-16(11-15)13-29(3)24(33)27-17/h7-8,11,18,20-21H,4-6,9-10,12-14H2,1-3H3,(H,26,31)(H,27,33)(H,28,32)/t18-,20-,21+/m0/s1. The van der Waals surface area contributed by atoms with E-state index in [2.05, 4.69) is 22.9 Å². The van der Waals surface area contributed by atoms with Gasteiger partial charge < -0.3 is 25.6 Å². The zero-order valence-electron chi connectivity index (χ0n) is 20.1. The molecule has 2 heterocycles. The minimum atomic E-state index is -0.764. The summed E-state index contributed by atoms with van der Waals surface area (Å²) in [5.41, 5.74) is 1.89. The fourth-order valence-electron chi connectivity index (χ4n) is 5.27. The van der Waals surface area contributed by atoms with Crippen LogP contribution in [-0.4, -0.2) is 60.4 Å². The number of rotatable bonds is 7. The van der Waals surface area contributed by atoms with Crippen molar-refractivity contribution in [1.82, 2.24) is 15.5 Å². The number of Topliss-reactive ketones (excluding diaryl/α,β-unsaturated/α-hetero) is 1. The molecule has 1 aromatic carbocycles. The minimum Gasteiger partial charge on any atom is -0.368 e. The van der Waals surface area contributed by atoms with Gasteiger partial charge in [0.1, 0.15) is 18.7 Å². The monoisotopic (exact) mass is 470 g/mol. The van der Waals surface area contributed by atoms with Gasteiger partial charge in [0.25, 0.3) is 5.91 Å². The van der Waals surface area contributed by atoms with E-state index in [1.807, 2.05) is 6.92 Å². The van der Waals surface area contributed by atoms with Crippen LogP contribution in [0.5, 0.6) is 0 Å². The van der Waals surface area contributed by atoms with Gasteiger partial charge >= 0.3 is 6.03 Å². The van der Waals surface area contributed by atoms with E-state index < -0.39 is 12.1 Å². The Balaban J connectivity index is 1.51. The number of fused-ring (bicyclic) bond motifs is 1. The van der Waals surface area contributed by atoms with Crippen molar-refractivity contribution in [1.29, 1.82) is 0 Å². The van der Waals surface area contributed by atoms with Gasteiger partial charge in [0, 0.05) is 24.8 Å². The summed E-state index contributed by atoms with van der Waals surface area (Å²) in [6.07, 6.45) is 4.99. The molecule has 9 heteroatoms. The van der Waals surface area contributed by atoms with Crippen molar-refractivity contribution in [3.8, 4) is 0 Å². The van der Waals surface area contributed by atoms with Crippen LogP contribution < -0.4 is 16.0 Å². The highest BCUT2D eigenvalue weighted by Gasteiger charge is 2.40. The van der Waals surface area contributed by atoms with Crippen molar-refractivity contribution in [2.24, 2.45) is 5.41 Å². The second-order valence-corrected chi connectivity index (χ2v) is 10.1. The van der Waals surface area contributed by atoms with Crippen molar-refractivity contribution < 1.29 is 23.9 Å². The van der Waals surface area contributed by atoms with Crippen molar-refractivity contribution >= 4 is 29.3 Å². The lowest BCUT2D eigenvalue weighted by molar-refractivity contribution is -0.128. The summed E-state index contributed by atoms with van der Waals surface area (Å²) in [6.45, 7) is 4.46. The molecule has 0 bridgehead atoms. The van der Waals surface area contributed by atoms with Gasteiger partial charge in [-0.25, -0.2) is 4.79 Å². The summed E-state index contributed by atoms with van der Waals surface area (Å²) in [7, 11) is 1.69. The maximum absolute atomic E-state index is 13.3. The molecule has 1 aliphatic carbocycles. The molecule has 34 heavy (non-hydrogen) atoms. The molecule has 0 aromatic heterocycles. The lowest BCUT2D eigenvalue weighted by Crippen LogP contribution is -2.54. The summed E-state index contributed by atoms with van der Waals surface area (Å²) >= 11 is 0. The lowest BCUT2D eigenvalue weighted by atomic mass is 9.81. The fraction of sp³-hybridized carbons (Fsp3) is 0.600. The smallest absolute Gasteiger partial charge is 0.321 e. The number of carbonyl (C=O) groups excluding carboxylic acids is 4. The fourth-order valence-corrected chi connectivity index (χ4v) is 5.27. The first-order valence-electron chi connectivity index (χ1n) is 12.1. The van der Waals surface area contributed by atoms with E-state index in [0.29, 0.717) is 30.6 Å². The molecular formula is C25H34N4O5. The van der Waals surface area contributed by atoms with Crippen molar-refractivity contribution in [2.45, 2.75) is 77.1 Å². The van der Waals surface area contributed by atoms with Gasteiger partial charge in [-0.1, -0.05) is 26.7 Å². The van der Waals surface area contributed by atoms with Crippen LogP contribution in [-0.2, 0) is 20.9 Å². The number of ether oxygens (including phenoxy) is 1. The summed E-state index contributed by atoms with van der Waals surface area (Å²) < 4.78 is 5.49. The number of anilines is 1. The van der Waals surface area contributed by atoms with Crippen LogP contribution in [0.1, 0.15) is 68.3 Å². The first kappa shape index (κ1) is 24.2. The Morgan fingerprint density at radius 1 is 1.26 bits per heavy atom. The molecule has 0 unspecified atom stereocenters. The molecular weight excluding hydrogens is 436 g/mol. The maximum Gasteiger partial charge on any atom is 0.321 e. The predicted molar refractivity (Wildman–Crippen MR) is 126 cm³/mol. The molecule has 4 amide bonds. The third-order valence-corrected chi connectivity index (χ3v) is 7.35. The van der Waals surface area contributed by atoms with Crippen LogP contribution in [0.15, 0.2) is 18.2 Å². The second kappa shape index (κ2) is 9.74. The molecule has 9 nitrogen and oxygen atoms in total. The SMILES string of the molecule is CC[C@@H]1OCC(=O)[C@H]1NC(=O)[C@H](CC1(C)CCCC1)NC(=O)c1ccc2c(c1)CN(C)C(=O)N2. The number of carbonyl (C=O) groups is 4. The maximum atomic E-state index is 13.3. The Kier molecular flexibility index (Phi) is 6.93. The van der Waals surface area contributed by atoms with Crippen LogP contribution in [0.4, 0.5) is 10.5 Å². The second-order valence-electron chi connectivity index (χ2n) is 10.1. The first-order valence-corrected chi connectivity index (χ1v) is 12.1. The molecule has 0 spiro atoms. The highest BCUT2D eigenvalue weighted by molar-refractivity contribution is 6.00. The highest BCUT2D eigenvalue weighted by atomic mass is 16.5. The Morgan fingerprint density at radius 2 is 2.00 bits per heavy atom. The molecule has 1 saturated carbocycles. The molecule has 3 N–H and O–H groups in total. The molecule has 4 rings (SSSR count). The van der Waals surface area contributed by atoms with Crippen molar-refractivity contribution in [2.75, 3.05) is 19.0 Å². The van der Waals surface area contributed by atoms with Crippen LogP contribution in [0.25, 0.3) is 0 Å². The summed E-state index contributed by atoms with van der Waals surface area (Å²) in [4.78, 5) is 52.2. The first-order chi connectivity index (χ1) is 16.2. The number of hydrogen-bond acceptors (Lipinski definition) is 5. The van der Waals surface area contributed by atoms with Crippen molar-refractivity contribution in [3.05, 3.63) is 29.3 Å². The van der Waals surface area contributed by atoms with Crippen LogP contribution in [0.2, 0.25) is 0 Å². The van der Waals surface area contributed by atoms with Gasteiger partial charge in [-0.2, -0.15) is 0 Å². The zero-order valence-corrected chi connectivity index (χ0v) is 20.1. The number of hydrogen-bond donors (Lipinski definition) is 3. The van der Waals surface area contributed by atoms with E-state index >= 15 is 0 Å². The number of urea groups is 1. The Morgan fingerprint density at radius 3 is 2.71 bits per heavy atom. The number of nitrogens with zero attached hydrogens (tertiary/aromatic N) is 1. The van der Waals surface area contributed by atoms with Gasteiger partial charge in [-0.05, 0) is 54.9 Å². The average Bonchev–Trinajstić information content (AvgIpc) is 3.39. The van der Waals surface area contributed by atoms with Gasteiger partial charge in [-0.3, -0.25) is 14.4 Å². The zero-order chi connectivity index (χ0) is 24.5. The molecule has 1 saturated heterocycles.